The number of halogens is 1. The zero-order valence-electron chi connectivity index (χ0n) is 21.1. The maximum Gasteiger partial charge on any atom is 0.250 e. The number of allylic oxidation sites excluding steroid dienone is 2. The van der Waals surface area contributed by atoms with Crippen molar-refractivity contribution < 1.29 is 18.8 Å². The maximum absolute atomic E-state index is 14.4. The van der Waals surface area contributed by atoms with Gasteiger partial charge in [0.1, 0.15) is 0 Å². The van der Waals surface area contributed by atoms with Gasteiger partial charge in [0.15, 0.2) is 21.6 Å². The van der Waals surface area contributed by atoms with Gasteiger partial charge < -0.3 is 4.43 Å². The molecule has 0 N–H and O–H groups in total. The van der Waals surface area contributed by atoms with E-state index in [1.54, 1.807) is 72.8 Å². The van der Waals surface area contributed by atoms with Gasteiger partial charge >= 0.3 is 0 Å². The van der Waals surface area contributed by atoms with E-state index in [0.717, 1.165) is 0 Å². The Bertz CT molecular complexity index is 1370. The van der Waals surface area contributed by atoms with Gasteiger partial charge in [-0.15, -0.1) is 0 Å². The quantitative estimate of drug-likeness (QED) is 0.137. The Kier molecular flexibility index (Phi) is 6.79. The van der Waals surface area contributed by atoms with E-state index in [2.05, 4.69) is 36.7 Å². The van der Waals surface area contributed by atoms with E-state index in [1.165, 1.54) is 0 Å². The van der Waals surface area contributed by atoms with E-state index in [0.29, 0.717) is 22.3 Å². The van der Waals surface area contributed by atoms with Crippen molar-refractivity contribution in [2.45, 2.75) is 43.2 Å². The number of alkyl halides is 1. The summed E-state index contributed by atoms with van der Waals surface area (Å²) in [6.45, 7) is 10.2. The molecule has 1 aliphatic rings. The molecule has 0 heterocycles. The normalized spacial score (nSPS) is 18.0. The fourth-order valence-electron chi connectivity index (χ4n) is 3.99. The third kappa shape index (κ3) is 4.33. The SMILES string of the molecule is CC(C)(C)[Si](C)(C)OC1=C(C(=O)c2ccccc2)c2ccccc2C(Br)(C(=O)c2ccccc2)C1=O. The van der Waals surface area contributed by atoms with Crippen LogP contribution in [0.2, 0.25) is 18.1 Å². The molecule has 3 aromatic rings. The highest BCUT2D eigenvalue weighted by Crippen LogP contribution is 2.49. The summed E-state index contributed by atoms with van der Waals surface area (Å²) in [7, 11) is -2.58. The number of rotatable bonds is 6. The molecule has 0 saturated heterocycles. The second-order valence-electron chi connectivity index (χ2n) is 10.5. The Hall–Kier alpha value is -3.09. The van der Waals surface area contributed by atoms with Crippen LogP contribution in [-0.2, 0) is 13.5 Å². The molecule has 3 aromatic carbocycles. The average Bonchev–Trinajstić information content (AvgIpc) is 2.87. The van der Waals surface area contributed by atoms with E-state index < -0.39 is 24.2 Å². The molecule has 0 bridgehead atoms. The summed E-state index contributed by atoms with van der Waals surface area (Å²) in [5.41, 5.74) is 1.99. The minimum Gasteiger partial charge on any atom is -0.541 e. The number of hydrogen-bond acceptors (Lipinski definition) is 4. The largest absolute Gasteiger partial charge is 0.541 e. The van der Waals surface area contributed by atoms with Crippen LogP contribution < -0.4 is 0 Å². The number of Topliss-reactive ketones (excluding diaryl/α,β-unsaturated/α-hetero) is 3. The molecule has 0 fully saturated rings. The van der Waals surface area contributed by atoms with Gasteiger partial charge in [-0.3, -0.25) is 14.4 Å². The predicted molar refractivity (Wildman–Crippen MR) is 149 cm³/mol. The maximum atomic E-state index is 14.4. The zero-order chi connectivity index (χ0) is 26.3. The van der Waals surface area contributed by atoms with Crippen molar-refractivity contribution in [2.75, 3.05) is 0 Å². The predicted octanol–water partition coefficient (Wildman–Crippen LogP) is 7.36. The lowest BCUT2D eigenvalue weighted by Gasteiger charge is -2.41. The first-order valence-electron chi connectivity index (χ1n) is 11.9. The summed E-state index contributed by atoms with van der Waals surface area (Å²) < 4.78 is 4.90. The van der Waals surface area contributed by atoms with E-state index in [4.69, 9.17) is 4.43 Å². The van der Waals surface area contributed by atoms with Crippen LogP contribution in [0.5, 0.6) is 0 Å². The van der Waals surface area contributed by atoms with Crippen LogP contribution in [0.3, 0.4) is 0 Å². The van der Waals surface area contributed by atoms with Crippen molar-refractivity contribution in [3.63, 3.8) is 0 Å². The Morgan fingerprint density at radius 2 is 1.31 bits per heavy atom. The smallest absolute Gasteiger partial charge is 0.250 e. The number of fused-ring (bicyclic) bond motifs is 1. The summed E-state index contributed by atoms with van der Waals surface area (Å²) >= 11 is 3.58. The molecule has 36 heavy (non-hydrogen) atoms. The molecular formula is C30H29BrO4Si. The lowest BCUT2D eigenvalue weighted by Crippen LogP contribution is -2.48. The van der Waals surface area contributed by atoms with Crippen molar-refractivity contribution >= 4 is 47.2 Å². The Morgan fingerprint density at radius 1 is 0.806 bits per heavy atom. The molecule has 0 amide bonds. The fourth-order valence-corrected chi connectivity index (χ4v) is 5.76. The molecule has 1 atom stereocenters. The molecule has 0 radical (unpaired) electrons. The van der Waals surface area contributed by atoms with E-state index in [1.807, 2.05) is 25.2 Å². The first-order chi connectivity index (χ1) is 16.9. The Balaban J connectivity index is 2.02. The van der Waals surface area contributed by atoms with Crippen molar-refractivity contribution in [2.24, 2.45) is 0 Å². The van der Waals surface area contributed by atoms with Crippen LogP contribution in [0.25, 0.3) is 5.57 Å². The molecule has 0 aromatic heterocycles. The Labute approximate surface area is 221 Å². The second kappa shape index (κ2) is 9.41. The molecule has 6 heteroatoms. The zero-order valence-corrected chi connectivity index (χ0v) is 23.7. The van der Waals surface area contributed by atoms with Gasteiger partial charge in [0, 0.05) is 11.1 Å². The minimum atomic E-state index is -2.58. The van der Waals surface area contributed by atoms with Crippen LogP contribution >= 0.6 is 15.9 Å². The van der Waals surface area contributed by atoms with Crippen LogP contribution in [0.4, 0.5) is 0 Å². The molecular weight excluding hydrogens is 532 g/mol. The second-order valence-corrected chi connectivity index (χ2v) is 16.4. The van der Waals surface area contributed by atoms with Crippen molar-refractivity contribution in [1.29, 1.82) is 0 Å². The highest BCUT2D eigenvalue weighted by atomic mass is 79.9. The lowest BCUT2D eigenvalue weighted by atomic mass is 9.75. The summed E-state index contributed by atoms with van der Waals surface area (Å²) in [4.78, 5) is 42.3. The average molecular weight is 562 g/mol. The number of carbonyl (C=O) groups excluding carboxylic acids is 3. The minimum absolute atomic E-state index is 0.0460. The van der Waals surface area contributed by atoms with Crippen molar-refractivity contribution in [3.05, 3.63) is 113 Å². The third-order valence-corrected chi connectivity index (χ3v) is 12.6. The highest BCUT2D eigenvalue weighted by Gasteiger charge is 2.55. The van der Waals surface area contributed by atoms with Gasteiger partial charge in [-0.2, -0.15) is 0 Å². The monoisotopic (exact) mass is 560 g/mol. The van der Waals surface area contributed by atoms with E-state index in [9.17, 15) is 14.4 Å². The van der Waals surface area contributed by atoms with Gasteiger partial charge in [0.25, 0.3) is 8.32 Å². The van der Waals surface area contributed by atoms with Crippen molar-refractivity contribution in [1.82, 2.24) is 0 Å². The van der Waals surface area contributed by atoms with E-state index in [-0.39, 0.29) is 22.2 Å². The fraction of sp³-hybridized carbons (Fsp3) is 0.233. The van der Waals surface area contributed by atoms with Gasteiger partial charge in [0.2, 0.25) is 5.78 Å². The van der Waals surface area contributed by atoms with Crippen LogP contribution in [-0.4, -0.2) is 25.7 Å². The van der Waals surface area contributed by atoms with Crippen LogP contribution in [0, 0.1) is 0 Å². The number of carbonyl (C=O) groups is 3. The van der Waals surface area contributed by atoms with Gasteiger partial charge in [0.05, 0.1) is 5.57 Å². The van der Waals surface area contributed by atoms with Crippen LogP contribution in [0.15, 0.2) is 90.7 Å². The molecule has 1 aliphatic carbocycles. The molecule has 184 valence electrons. The molecule has 0 saturated carbocycles. The van der Waals surface area contributed by atoms with Crippen molar-refractivity contribution in [3.8, 4) is 0 Å². The summed E-state index contributed by atoms with van der Waals surface area (Å²) in [6.07, 6.45) is 0. The summed E-state index contributed by atoms with van der Waals surface area (Å²) in [6, 6.07) is 24.6. The first kappa shape index (κ1) is 26.0. The molecule has 0 aliphatic heterocycles. The number of benzene rings is 3. The van der Waals surface area contributed by atoms with Crippen LogP contribution in [0.1, 0.15) is 52.6 Å². The lowest BCUT2D eigenvalue weighted by molar-refractivity contribution is -0.119. The molecule has 1 unspecified atom stereocenters. The molecule has 0 spiro atoms. The first-order valence-corrected chi connectivity index (χ1v) is 15.6. The third-order valence-electron chi connectivity index (χ3n) is 7.09. The van der Waals surface area contributed by atoms with Gasteiger partial charge in [-0.05, 0) is 29.3 Å². The van der Waals surface area contributed by atoms with Gasteiger partial charge in [-0.25, -0.2) is 0 Å². The molecule has 4 nitrogen and oxygen atoms in total. The van der Waals surface area contributed by atoms with Gasteiger partial charge in [-0.1, -0.05) is 122 Å². The summed E-state index contributed by atoms with van der Waals surface area (Å²) in [5, 5.41) is -0.240. The summed E-state index contributed by atoms with van der Waals surface area (Å²) in [5.74, 6) is -1.32. The Morgan fingerprint density at radius 3 is 1.86 bits per heavy atom. The molecule has 4 rings (SSSR count). The van der Waals surface area contributed by atoms with E-state index >= 15 is 0 Å². The topological polar surface area (TPSA) is 60.4 Å². The number of ketones is 3. The highest BCUT2D eigenvalue weighted by molar-refractivity contribution is 9.10. The standard InChI is InChI=1S/C30H29BrO4Si/c1-29(2,3)36(4,5)35-26-24(25(32)20-14-8-6-9-15-20)22-18-12-13-19-23(22)30(31,28(26)34)27(33)21-16-10-7-11-17-21/h6-19H,1-5H3. The number of hydrogen-bond donors (Lipinski definition) is 0.